The molecule has 0 aromatic rings. The van der Waals surface area contributed by atoms with Gasteiger partial charge in [-0.05, 0) is 0 Å². The predicted octanol–water partition coefficient (Wildman–Crippen LogP) is -1.65. The Bertz CT molecular complexity index is 6.00. The van der Waals surface area contributed by atoms with E-state index in [2.05, 4.69) is 0 Å². The van der Waals surface area contributed by atoms with Crippen LogP contribution in [0.2, 0.25) is 0 Å². The van der Waals surface area contributed by atoms with E-state index >= 15 is 0 Å². The Balaban J connectivity index is 0. The van der Waals surface area contributed by atoms with Crippen molar-refractivity contribution in [2.24, 2.45) is 0 Å². The summed E-state index contributed by atoms with van der Waals surface area (Å²) in [5.41, 5.74) is 0. The second-order valence-corrected chi connectivity index (χ2v) is 0. The number of rotatable bonds is 0. The second-order valence-electron chi connectivity index (χ2n) is 0. The molecule has 0 saturated heterocycles. The van der Waals surface area contributed by atoms with Gasteiger partial charge in [0.25, 0.3) is 0 Å². The van der Waals surface area contributed by atoms with Crippen LogP contribution in [0.3, 0.4) is 0 Å². The average Bonchev–Trinajstić information content (AvgIpc) is 0. The van der Waals surface area contributed by atoms with Crippen molar-refractivity contribution < 1.29 is 46.0 Å². The molecule has 4 N–H and O–H groups in total. The summed E-state index contributed by atoms with van der Waals surface area (Å²) in [6.07, 6.45) is 0. The fraction of sp³-hybridized carbons (Fsp3) is 0. The van der Waals surface area contributed by atoms with E-state index in [0.717, 1.165) is 0 Å². The SMILES string of the molecule is O.O.[Ni].[V]. The summed E-state index contributed by atoms with van der Waals surface area (Å²) in [4.78, 5) is 0. The van der Waals surface area contributed by atoms with Crippen LogP contribution >= 0.6 is 0 Å². The van der Waals surface area contributed by atoms with Gasteiger partial charge in [-0.3, -0.25) is 0 Å². The normalized spacial score (nSPS) is 0. The van der Waals surface area contributed by atoms with Gasteiger partial charge in [-0.2, -0.15) is 0 Å². The largest absolute Gasteiger partial charge is 0.412 e. The molecule has 0 aromatic heterocycles. The topological polar surface area (TPSA) is 63.0 Å². The molecule has 0 aromatic carbocycles. The van der Waals surface area contributed by atoms with E-state index in [4.69, 9.17) is 0 Å². The first-order chi connectivity index (χ1) is 0. The maximum atomic E-state index is 0. The Kier molecular flexibility index (Phi) is 724. The van der Waals surface area contributed by atoms with Gasteiger partial charge in [0.05, 0.1) is 0 Å². The van der Waals surface area contributed by atoms with Crippen molar-refractivity contribution in [3.63, 3.8) is 0 Å². The van der Waals surface area contributed by atoms with Crippen molar-refractivity contribution in [1.29, 1.82) is 0 Å². The van der Waals surface area contributed by atoms with Gasteiger partial charge in [0, 0.05) is 35.0 Å². The molecule has 0 unspecified atom stereocenters. The van der Waals surface area contributed by atoms with Crippen molar-refractivity contribution in [2.45, 2.75) is 0 Å². The van der Waals surface area contributed by atoms with Crippen molar-refractivity contribution in [3.05, 3.63) is 0 Å². The molecule has 0 spiro atoms. The van der Waals surface area contributed by atoms with E-state index in [9.17, 15) is 0 Å². The van der Waals surface area contributed by atoms with Crippen molar-refractivity contribution >= 4 is 0 Å². The van der Waals surface area contributed by atoms with Crippen LogP contribution < -0.4 is 0 Å². The molecule has 4 heavy (non-hydrogen) atoms. The van der Waals surface area contributed by atoms with E-state index in [1.54, 1.807) is 0 Å². The number of hydrogen-bond acceptors (Lipinski definition) is 0. The molecule has 0 fully saturated rings. The standard InChI is InChI=1S/Ni.2H2O.V/h;2*1H2;. The molecule has 1 radical (unpaired) electrons. The van der Waals surface area contributed by atoms with Crippen LogP contribution in [0.15, 0.2) is 0 Å². The van der Waals surface area contributed by atoms with Crippen molar-refractivity contribution in [3.8, 4) is 0 Å². The third-order valence-electron chi connectivity index (χ3n) is 0. The van der Waals surface area contributed by atoms with E-state index in [1.807, 2.05) is 0 Å². The fourth-order valence-corrected chi connectivity index (χ4v) is 0. The first kappa shape index (κ1) is 80.2. The zero-order valence-electron chi connectivity index (χ0n) is 1.76. The van der Waals surface area contributed by atoms with Crippen molar-refractivity contribution in [1.82, 2.24) is 0 Å². The van der Waals surface area contributed by atoms with Crippen LogP contribution in [0, 0.1) is 0 Å². The molecular weight excluding hydrogens is 142 g/mol. The molecule has 0 aliphatic rings. The Hall–Kier alpha value is 0.998. The van der Waals surface area contributed by atoms with E-state index in [0.29, 0.717) is 0 Å². The molecule has 0 heterocycles. The van der Waals surface area contributed by atoms with Crippen LogP contribution in [0.5, 0.6) is 0 Å². The van der Waals surface area contributed by atoms with Gasteiger partial charge in [-0.15, -0.1) is 0 Å². The minimum absolute atomic E-state index is 0. The summed E-state index contributed by atoms with van der Waals surface area (Å²) in [6.45, 7) is 0. The van der Waals surface area contributed by atoms with Crippen LogP contribution in [-0.4, -0.2) is 11.0 Å². The van der Waals surface area contributed by atoms with E-state index in [1.165, 1.54) is 0 Å². The summed E-state index contributed by atoms with van der Waals surface area (Å²) < 4.78 is 0. The Morgan fingerprint density at radius 3 is 0.750 bits per heavy atom. The van der Waals surface area contributed by atoms with Gasteiger partial charge >= 0.3 is 0 Å². The Morgan fingerprint density at radius 1 is 0.750 bits per heavy atom. The molecule has 31 valence electrons. The fourth-order valence-electron chi connectivity index (χ4n) is 0. The molecule has 0 aliphatic heterocycles. The second kappa shape index (κ2) is 36.1. The molecule has 0 bridgehead atoms. The average molecular weight is 146 g/mol. The van der Waals surface area contributed by atoms with E-state index < -0.39 is 0 Å². The molecule has 4 heteroatoms. The monoisotopic (exact) mass is 145 g/mol. The van der Waals surface area contributed by atoms with Crippen molar-refractivity contribution in [2.75, 3.05) is 0 Å². The minimum Gasteiger partial charge on any atom is -0.412 e. The quantitative estimate of drug-likeness (QED) is 0.367. The van der Waals surface area contributed by atoms with Gasteiger partial charge < -0.3 is 11.0 Å². The van der Waals surface area contributed by atoms with Crippen LogP contribution in [0.4, 0.5) is 0 Å². The summed E-state index contributed by atoms with van der Waals surface area (Å²) in [5, 5.41) is 0. The zero-order chi connectivity index (χ0) is 0. The molecule has 0 atom stereocenters. The molecule has 2 nitrogen and oxygen atoms in total. The minimum atomic E-state index is 0. The third kappa shape index (κ3) is 12.0. The zero-order valence-corrected chi connectivity index (χ0v) is 4.15. The van der Waals surface area contributed by atoms with Gasteiger partial charge in [0.1, 0.15) is 0 Å². The summed E-state index contributed by atoms with van der Waals surface area (Å²) >= 11 is 0. The maximum absolute atomic E-state index is 0. The van der Waals surface area contributed by atoms with Crippen LogP contribution in [0.25, 0.3) is 0 Å². The van der Waals surface area contributed by atoms with Gasteiger partial charge in [-0.1, -0.05) is 0 Å². The predicted molar refractivity (Wildman–Crippen MR) is 7.23 cm³/mol. The summed E-state index contributed by atoms with van der Waals surface area (Å²) in [5.74, 6) is 0. The van der Waals surface area contributed by atoms with Gasteiger partial charge in [0.15, 0.2) is 0 Å². The van der Waals surface area contributed by atoms with E-state index in [-0.39, 0.29) is 46.0 Å². The third-order valence-corrected chi connectivity index (χ3v) is 0. The summed E-state index contributed by atoms with van der Waals surface area (Å²) in [6, 6.07) is 0. The molecular formula is H4NiO2V. The van der Waals surface area contributed by atoms with Crippen LogP contribution in [0.1, 0.15) is 0 Å². The maximum Gasteiger partial charge on any atom is 0 e. The smallest absolute Gasteiger partial charge is 0 e. The van der Waals surface area contributed by atoms with Gasteiger partial charge in [0.2, 0.25) is 0 Å². The molecule has 0 rings (SSSR count). The Labute approximate surface area is 46.4 Å². The number of hydrogen-bond donors (Lipinski definition) is 0. The molecule has 0 saturated carbocycles. The first-order valence-electron chi connectivity index (χ1n) is 0. The molecule has 0 amide bonds. The summed E-state index contributed by atoms with van der Waals surface area (Å²) in [7, 11) is 0. The van der Waals surface area contributed by atoms with Gasteiger partial charge in [-0.25, -0.2) is 0 Å². The van der Waals surface area contributed by atoms with Crippen LogP contribution in [-0.2, 0) is 35.0 Å². The first-order valence-corrected chi connectivity index (χ1v) is 0. The molecule has 0 aliphatic carbocycles. The Morgan fingerprint density at radius 2 is 0.750 bits per heavy atom.